The van der Waals surface area contributed by atoms with Crippen LogP contribution in [0.4, 0.5) is 0 Å². The first kappa shape index (κ1) is 43.0. The van der Waals surface area contributed by atoms with E-state index in [-0.39, 0.29) is 5.41 Å². The summed E-state index contributed by atoms with van der Waals surface area (Å²) in [5.74, 6) is 2.04. The van der Waals surface area contributed by atoms with Crippen LogP contribution < -0.4 is 4.74 Å². The van der Waals surface area contributed by atoms with Gasteiger partial charge in [0, 0.05) is 17.2 Å². The predicted molar refractivity (Wildman–Crippen MR) is 276 cm³/mol. The molecule has 0 radical (unpaired) electrons. The normalized spacial score (nSPS) is 12.8. The number of imidazole rings is 1. The molecule has 2 aliphatic carbocycles. The third-order valence-electron chi connectivity index (χ3n) is 14.6. The Morgan fingerprint density at radius 3 is 2.00 bits per heavy atom. The number of ether oxygens (including phenoxy) is 1. The summed E-state index contributed by atoms with van der Waals surface area (Å²) < 4.78 is 14.9. The van der Waals surface area contributed by atoms with Crippen LogP contribution >= 0.6 is 0 Å². The second kappa shape index (κ2) is 17.3. The van der Waals surface area contributed by atoms with E-state index >= 15 is 0 Å². The van der Waals surface area contributed by atoms with Gasteiger partial charge < -0.3 is 0 Å². The summed E-state index contributed by atoms with van der Waals surface area (Å²) in [5.41, 5.74) is 19.1. The van der Waals surface area contributed by atoms with Crippen LogP contribution in [-0.2, 0) is 50.5 Å². The Bertz CT molecular complexity index is 3820. The van der Waals surface area contributed by atoms with Gasteiger partial charge in [-0.05, 0) is 27.8 Å². The molecule has 6 heterocycles. The van der Waals surface area contributed by atoms with Crippen LogP contribution in [0.15, 0.2) is 182 Å². The average Bonchev–Trinajstić information content (AvgIpc) is 3.91. The summed E-state index contributed by atoms with van der Waals surface area (Å²) in [6.07, 6.45) is 8.27. The van der Waals surface area contributed by atoms with Crippen molar-refractivity contribution in [1.29, 1.82) is 0 Å². The minimum absolute atomic E-state index is 0.341. The molecule has 340 valence electrons. The number of benzene rings is 7. The maximum atomic E-state index is 6.78. The molecule has 11 aromatic rings. The minimum atomic E-state index is -0.341. The molecule has 0 fully saturated rings. The summed E-state index contributed by atoms with van der Waals surface area (Å²) in [6.45, 7) is 9.20. The number of rotatable bonds is 8. The zero-order valence-electron chi connectivity index (χ0n) is 39.2. The van der Waals surface area contributed by atoms with Gasteiger partial charge in [0.05, 0.1) is 0 Å². The second-order valence-electron chi connectivity index (χ2n) is 18.9. The molecule has 7 aromatic carbocycles. The van der Waals surface area contributed by atoms with Crippen molar-refractivity contribution in [2.45, 2.75) is 58.8 Å². The van der Waals surface area contributed by atoms with Gasteiger partial charge >= 0.3 is 261 Å². The second-order valence-corrected chi connectivity index (χ2v) is 19.9. The van der Waals surface area contributed by atoms with E-state index in [0.29, 0.717) is 11.5 Å². The van der Waals surface area contributed by atoms with Crippen LogP contribution in [0.3, 0.4) is 0 Å². The SMILES string of the molecule is Cc1c2ccc(c1C)CCc1ccc(c3cn(-c4[c-]c(Oc5[c-]c6c(cc5)c5cc(-c7ccccc7)ccc5n6-c5cc(C(C)(C)c6ccccc6)c(-c6ccccc6)cn5)ccc4)[c](=[Pt])n13)CC2. The van der Waals surface area contributed by atoms with Crippen LogP contribution in [0.1, 0.15) is 58.5 Å². The van der Waals surface area contributed by atoms with Gasteiger partial charge in [-0.1, -0.05) is 111 Å². The molecule has 0 spiro atoms. The van der Waals surface area contributed by atoms with E-state index < -0.39 is 0 Å². The molecule has 0 unspecified atom stereocenters. The van der Waals surface area contributed by atoms with E-state index in [0.717, 1.165) is 79.5 Å². The van der Waals surface area contributed by atoms with E-state index in [9.17, 15) is 0 Å². The van der Waals surface area contributed by atoms with Gasteiger partial charge in [-0.15, -0.1) is 0 Å². The number of fused-ring (bicyclic) bond motifs is 3. The van der Waals surface area contributed by atoms with Crippen molar-refractivity contribution in [3.63, 3.8) is 0 Å². The molecule has 0 saturated heterocycles. The number of hydrogen-bond donors (Lipinski definition) is 0. The molecule has 6 heteroatoms. The number of aryl methyl sites for hydroxylation is 4. The molecule has 0 saturated carbocycles. The van der Waals surface area contributed by atoms with Crippen molar-refractivity contribution in [2.24, 2.45) is 0 Å². The third-order valence-corrected chi connectivity index (χ3v) is 15.7. The van der Waals surface area contributed by atoms with E-state index in [4.69, 9.17) is 9.72 Å². The molecule has 15 rings (SSSR count). The monoisotopic (exact) mass is 1070 g/mol. The summed E-state index contributed by atoms with van der Waals surface area (Å²) in [4.78, 5) is 5.28. The fourth-order valence-electron chi connectivity index (χ4n) is 10.6. The van der Waals surface area contributed by atoms with Gasteiger partial charge in [0.15, 0.2) is 0 Å². The Morgan fingerprint density at radius 1 is 0.580 bits per heavy atom. The van der Waals surface area contributed by atoms with Crippen molar-refractivity contribution in [3.05, 3.63) is 243 Å². The zero-order valence-corrected chi connectivity index (χ0v) is 41.4. The van der Waals surface area contributed by atoms with Crippen LogP contribution in [0.25, 0.3) is 61.1 Å². The Morgan fingerprint density at radius 2 is 1.25 bits per heavy atom. The van der Waals surface area contributed by atoms with Crippen LogP contribution in [0.5, 0.6) is 11.5 Å². The molecular weight excluding hydrogens is 1020 g/mol. The maximum absolute atomic E-state index is 6.78. The van der Waals surface area contributed by atoms with Crippen LogP contribution in [0, 0.1) is 29.8 Å². The summed E-state index contributed by atoms with van der Waals surface area (Å²) in [5, 5.41) is 2.19. The number of nitrogens with zero attached hydrogens (tertiary/aromatic N) is 4. The molecule has 0 N–H and O–H groups in total. The van der Waals surface area contributed by atoms with E-state index in [2.05, 4.69) is 237 Å². The molecule has 4 aliphatic rings. The molecule has 4 bridgehead atoms. The molecule has 0 amide bonds. The summed E-state index contributed by atoms with van der Waals surface area (Å²) >= 11 is 2.49. The van der Waals surface area contributed by atoms with Crippen molar-refractivity contribution in [2.75, 3.05) is 0 Å². The quantitative estimate of drug-likeness (QED) is 0.142. The van der Waals surface area contributed by atoms with Gasteiger partial charge in [0.25, 0.3) is 0 Å². The molecular formula is C63H50N4OPt-2. The Labute approximate surface area is 414 Å². The van der Waals surface area contributed by atoms with Gasteiger partial charge in [-0.3, -0.25) is 0 Å². The molecule has 69 heavy (non-hydrogen) atoms. The van der Waals surface area contributed by atoms with Gasteiger partial charge in [0.1, 0.15) is 0 Å². The summed E-state index contributed by atoms with van der Waals surface area (Å²) in [7, 11) is 0. The van der Waals surface area contributed by atoms with Crippen molar-refractivity contribution in [3.8, 4) is 45.3 Å². The molecule has 4 aromatic heterocycles. The summed E-state index contributed by atoms with van der Waals surface area (Å²) in [6, 6.07) is 68.1. The first-order valence-electron chi connectivity index (χ1n) is 23.9. The number of aromatic nitrogens is 4. The van der Waals surface area contributed by atoms with Gasteiger partial charge in [-0.25, -0.2) is 0 Å². The Kier molecular flexibility index (Phi) is 10.8. The topological polar surface area (TPSA) is 36.4 Å². The van der Waals surface area contributed by atoms with Gasteiger partial charge in [-0.2, -0.15) is 0 Å². The fraction of sp³-hybridized carbons (Fsp3) is 0.143. The van der Waals surface area contributed by atoms with Crippen LogP contribution in [-0.4, -0.2) is 18.5 Å². The van der Waals surface area contributed by atoms with Crippen molar-refractivity contribution >= 4 is 27.3 Å². The number of hydrogen-bond acceptors (Lipinski definition) is 2. The Balaban J connectivity index is 0.969. The molecule has 0 atom stereocenters. The van der Waals surface area contributed by atoms with Crippen molar-refractivity contribution in [1.82, 2.24) is 18.5 Å². The fourth-order valence-corrected chi connectivity index (χ4v) is 11.6. The van der Waals surface area contributed by atoms with Crippen molar-refractivity contribution < 1.29 is 24.1 Å². The number of pyridine rings is 2. The predicted octanol–water partition coefficient (Wildman–Crippen LogP) is 14.9. The van der Waals surface area contributed by atoms with Gasteiger partial charge in [0.2, 0.25) is 0 Å². The first-order valence-corrected chi connectivity index (χ1v) is 25.0. The average molecular weight is 1070 g/mol. The van der Waals surface area contributed by atoms with Crippen LogP contribution in [0.2, 0.25) is 0 Å². The van der Waals surface area contributed by atoms with E-state index in [1.165, 1.54) is 55.7 Å². The molecule has 5 nitrogen and oxygen atoms in total. The first-order chi connectivity index (χ1) is 33.7. The molecule has 2 aliphatic heterocycles. The standard InChI is InChI=1S/C63H50N4O.Pt/c1-42-43(2)45-24-23-44(42)25-26-48-28-31-51(30-27-45)66-41-65(40-61(48)66)52-21-14-22-53(36-52)68-54-32-33-55-56-35-49(46-15-8-5-9-16-46)29-34-59(56)67(60(55)37-54)62-38-58(63(3,4)50-19-12-7-13-20-50)57(39-64-62)47-17-10-6-11-18-47;/h5-24,28-29,31-35,38-40H,25-27,30H2,1-4H3;/q-2;. The zero-order chi connectivity index (χ0) is 46.8. The van der Waals surface area contributed by atoms with E-state index in [1.54, 1.807) is 0 Å². The third kappa shape index (κ3) is 7.61. The Hall–Kier alpha value is -7.33. The van der Waals surface area contributed by atoms with E-state index in [1.807, 2.05) is 18.3 Å².